The second-order valence-electron chi connectivity index (χ2n) is 7.85. The van der Waals surface area contributed by atoms with Crippen LogP contribution >= 0.6 is 0 Å². The lowest BCUT2D eigenvalue weighted by molar-refractivity contribution is 0.184. The van der Waals surface area contributed by atoms with Gasteiger partial charge in [0.05, 0.1) is 31.7 Å². The summed E-state index contributed by atoms with van der Waals surface area (Å²) >= 11 is 0. The predicted octanol–water partition coefficient (Wildman–Crippen LogP) is 3.48. The van der Waals surface area contributed by atoms with Gasteiger partial charge in [-0.1, -0.05) is 42.5 Å². The largest absolute Gasteiger partial charge is 0.383 e. The minimum atomic E-state index is -0.732. The lowest BCUT2D eigenvalue weighted by atomic mass is 10.1. The number of nitrogens with zero attached hydrogens (tertiary/aromatic N) is 4. The Morgan fingerprint density at radius 2 is 1.79 bits per heavy atom. The maximum Gasteiger partial charge on any atom is 0.337 e. The van der Waals surface area contributed by atoms with Gasteiger partial charge in [0.25, 0.3) is 5.56 Å². The summed E-state index contributed by atoms with van der Waals surface area (Å²) in [6.07, 6.45) is 1.39. The summed E-state index contributed by atoms with van der Waals surface area (Å²) in [5.41, 5.74) is -0.0727. The van der Waals surface area contributed by atoms with Crippen LogP contribution < -0.4 is 11.2 Å². The number of halogens is 2. The number of benzene rings is 3. The van der Waals surface area contributed by atoms with Crippen LogP contribution in [0.5, 0.6) is 0 Å². The van der Waals surface area contributed by atoms with E-state index in [9.17, 15) is 18.4 Å². The third-order valence-corrected chi connectivity index (χ3v) is 5.78. The molecule has 0 bridgehead atoms. The van der Waals surface area contributed by atoms with Gasteiger partial charge in [-0.05, 0) is 17.5 Å². The monoisotopic (exact) mass is 462 g/mol. The fourth-order valence-corrected chi connectivity index (χ4v) is 4.13. The van der Waals surface area contributed by atoms with Crippen LogP contribution in [0.15, 0.2) is 76.6 Å². The number of methoxy groups -OCH3 is 1. The molecule has 2 aromatic heterocycles. The van der Waals surface area contributed by atoms with Gasteiger partial charge in [-0.2, -0.15) is 0 Å². The number of ether oxygens (including phenoxy) is 1. The Kier molecular flexibility index (Phi) is 5.54. The fraction of sp³-hybridized carbons (Fsp3) is 0.160. The normalized spacial score (nSPS) is 11.5. The molecule has 0 fully saturated rings. The van der Waals surface area contributed by atoms with Crippen LogP contribution in [0.3, 0.4) is 0 Å². The predicted molar refractivity (Wildman–Crippen MR) is 124 cm³/mol. The summed E-state index contributed by atoms with van der Waals surface area (Å²) in [6, 6.07) is 16.4. The second-order valence-corrected chi connectivity index (χ2v) is 7.85. The molecule has 0 aliphatic rings. The van der Waals surface area contributed by atoms with E-state index in [1.165, 1.54) is 28.6 Å². The molecule has 5 aromatic rings. The highest BCUT2D eigenvalue weighted by Crippen LogP contribution is 2.23. The SMILES string of the molecule is COCCn1c(=O)c2c(ncn2Cc2ccc(F)cc2F)n(-c2cccc3ccccc23)c1=O. The lowest BCUT2D eigenvalue weighted by Crippen LogP contribution is -2.41. The molecule has 0 atom stereocenters. The summed E-state index contributed by atoms with van der Waals surface area (Å²) in [7, 11) is 1.48. The van der Waals surface area contributed by atoms with Gasteiger partial charge in [0.1, 0.15) is 11.6 Å². The van der Waals surface area contributed by atoms with Crippen molar-refractivity contribution in [2.45, 2.75) is 13.1 Å². The van der Waals surface area contributed by atoms with Crippen molar-refractivity contribution in [3.8, 4) is 5.69 Å². The van der Waals surface area contributed by atoms with Crippen LogP contribution in [0.2, 0.25) is 0 Å². The van der Waals surface area contributed by atoms with Gasteiger partial charge in [-0.15, -0.1) is 0 Å². The average Bonchev–Trinajstić information content (AvgIpc) is 3.24. The van der Waals surface area contributed by atoms with Crippen molar-refractivity contribution in [3.63, 3.8) is 0 Å². The lowest BCUT2D eigenvalue weighted by Gasteiger charge is -2.14. The minimum Gasteiger partial charge on any atom is -0.383 e. The Bertz CT molecular complexity index is 1650. The first kappa shape index (κ1) is 21.7. The van der Waals surface area contributed by atoms with Crippen molar-refractivity contribution in [3.05, 3.63) is 105 Å². The molecule has 0 saturated carbocycles. The average molecular weight is 462 g/mol. The summed E-state index contributed by atoms with van der Waals surface area (Å²) in [5, 5.41) is 1.73. The van der Waals surface area contributed by atoms with E-state index in [0.29, 0.717) is 5.69 Å². The third-order valence-electron chi connectivity index (χ3n) is 5.78. The number of aromatic nitrogens is 4. The van der Waals surface area contributed by atoms with Crippen LogP contribution in [0.1, 0.15) is 5.56 Å². The van der Waals surface area contributed by atoms with E-state index in [2.05, 4.69) is 4.98 Å². The van der Waals surface area contributed by atoms with Crippen molar-refractivity contribution in [2.75, 3.05) is 13.7 Å². The van der Waals surface area contributed by atoms with Gasteiger partial charge in [-0.25, -0.2) is 23.1 Å². The molecule has 0 radical (unpaired) electrons. The Morgan fingerprint density at radius 3 is 2.59 bits per heavy atom. The second kappa shape index (κ2) is 8.68. The van der Waals surface area contributed by atoms with Crippen LogP contribution in [0.4, 0.5) is 8.78 Å². The first-order chi connectivity index (χ1) is 16.5. The summed E-state index contributed by atoms with van der Waals surface area (Å²) in [6.45, 7) is 0.123. The Hall–Kier alpha value is -4.11. The van der Waals surface area contributed by atoms with E-state index in [-0.39, 0.29) is 36.4 Å². The Labute approximate surface area is 192 Å². The molecule has 34 heavy (non-hydrogen) atoms. The number of hydrogen-bond acceptors (Lipinski definition) is 4. The Balaban J connectivity index is 1.80. The van der Waals surface area contributed by atoms with E-state index < -0.39 is 22.9 Å². The highest BCUT2D eigenvalue weighted by molar-refractivity contribution is 5.91. The number of fused-ring (bicyclic) bond motifs is 2. The van der Waals surface area contributed by atoms with E-state index in [4.69, 9.17) is 4.74 Å². The van der Waals surface area contributed by atoms with Crippen molar-refractivity contribution in [1.29, 1.82) is 0 Å². The summed E-state index contributed by atoms with van der Waals surface area (Å²) in [4.78, 5) is 31.3. The highest BCUT2D eigenvalue weighted by atomic mass is 19.1. The highest BCUT2D eigenvalue weighted by Gasteiger charge is 2.21. The van der Waals surface area contributed by atoms with Crippen molar-refractivity contribution in [1.82, 2.24) is 18.7 Å². The molecule has 172 valence electrons. The van der Waals surface area contributed by atoms with Gasteiger partial charge in [-0.3, -0.25) is 9.36 Å². The first-order valence-corrected chi connectivity index (χ1v) is 10.6. The van der Waals surface area contributed by atoms with Gasteiger partial charge in [0.2, 0.25) is 0 Å². The molecule has 7 nitrogen and oxygen atoms in total. The Morgan fingerprint density at radius 1 is 1.00 bits per heavy atom. The smallest absolute Gasteiger partial charge is 0.337 e. The van der Waals surface area contributed by atoms with Crippen LogP contribution in [-0.4, -0.2) is 32.4 Å². The van der Waals surface area contributed by atoms with Crippen molar-refractivity contribution in [2.24, 2.45) is 0 Å². The van der Waals surface area contributed by atoms with Gasteiger partial charge in [0, 0.05) is 24.1 Å². The van der Waals surface area contributed by atoms with Crippen LogP contribution in [0.25, 0.3) is 27.6 Å². The zero-order valence-corrected chi connectivity index (χ0v) is 18.2. The van der Waals surface area contributed by atoms with E-state index in [0.717, 1.165) is 27.5 Å². The summed E-state index contributed by atoms with van der Waals surface area (Å²) in [5.74, 6) is -1.42. The summed E-state index contributed by atoms with van der Waals surface area (Å²) < 4.78 is 36.8. The molecule has 5 rings (SSSR count). The molecular formula is C25H20F2N4O3. The molecule has 3 aromatic carbocycles. The third kappa shape index (κ3) is 3.60. The van der Waals surface area contributed by atoms with E-state index in [1.807, 2.05) is 36.4 Å². The van der Waals surface area contributed by atoms with Gasteiger partial charge in [0.15, 0.2) is 11.2 Å². The van der Waals surface area contributed by atoms with E-state index >= 15 is 0 Å². The van der Waals surface area contributed by atoms with Crippen molar-refractivity contribution >= 4 is 21.9 Å². The zero-order valence-electron chi connectivity index (χ0n) is 18.2. The molecule has 0 aliphatic heterocycles. The molecule has 2 heterocycles. The molecule has 0 aliphatic carbocycles. The first-order valence-electron chi connectivity index (χ1n) is 10.6. The number of hydrogen-bond donors (Lipinski definition) is 0. The molecular weight excluding hydrogens is 442 g/mol. The van der Waals surface area contributed by atoms with Crippen molar-refractivity contribution < 1.29 is 13.5 Å². The fourth-order valence-electron chi connectivity index (χ4n) is 4.13. The van der Waals surface area contributed by atoms with Gasteiger partial charge < -0.3 is 9.30 Å². The maximum absolute atomic E-state index is 14.3. The number of imidazole rings is 1. The minimum absolute atomic E-state index is 0.0327. The topological polar surface area (TPSA) is 71.1 Å². The molecule has 0 saturated heterocycles. The van der Waals surface area contributed by atoms with Gasteiger partial charge >= 0.3 is 5.69 Å². The molecule has 0 unspecified atom stereocenters. The van der Waals surface area contributed by atoms with Crippen LogP contribution in [-0.2, 0) is 17.8 Å². The van der Waals surface area contributed by atoms with E-state index in [1.54, 1.807) is 6.07 Å². The molecule has 9 heteroatoms. The quantitative estimate of drug-likeness (QED) is 0.388. The zero-order chi connectivity index (χ0) is 23.8. The van der Waals surface area contributed by atoms with Crippen LogP contribution in [0, 0.1) is 11.6 Å². The molecule has 0 spiro atoms. The number of rotatable bonds is 6. The maximum atomic E-state index is 14.3. The molecule has 0 N–H and O–H groups in total. The molecule has 0 amide bonds. The standard InChI is InChI=1S/C25H20F2N4O3/c1-34-12-11-30-24(32)22-23(28-15-29(22)14-17-9-10-18(26)13-20(17)27)31(25(30)33)21-8-4-6-16-5-2-3-7-19(16)21/h2-10,13,15H,11-12,14H2,1H3.